The largest absolute Gasteiger partial charge is 0.458 e. The Morgan fingerprint density at radius 3 is 1.91 bits per heavy atom. The van der Waals surface area contributed by atoms with Gasteiger partial charge in [-0.3, -0.25) is 9.59 Å². The summed E-state index contributed by atoms with van der Waals surface area (Å²) in [6.07, 6.45) is 1.79. The van der Waals surface area contributed by atoms with E-state index in [1.54, 1.807) is 41.5 Å². The van der Waals surface area contributed by atoms with Crippen LogP contribution < -0.4 is 10.6 Å². The number of alkyl carbamates (subject to hydrolysis) is 1. The molecule has 46 heavy (non-hydrogen) atoms. The van der Waals surface area contributed by atoms with Crippen molar-refractivity contribution in [3.8, 4) is 0 Å². The Balaban J connectivity index is 2.63. The molecule has 0 aromatic heterocycles. The number of benzene rings is 2. The Labute approximate surface area is 280 Å². The zero-order chi connectivity index (χ0) is 34.7. The highest BCUT2D eigenvalue weighted by Gasteiger charge is 2.39. The Morgan fingerprint density at radius 2 is 1.39 bits per heavy atom. The first-order chi connectivity index (χ1) is 21.5. The second-order valence-corrected chi connectivity index (χ2v) is 14.0. The molecular formula is C36H53N3O6S. The van der Waals surface area contributed by atoms with Gasteiger partial charge in [0.1, 0.15) is 29.3 Å². The molecule has 3 unspecified atom stereocenters. The molecule has 0 aliphatic rings. The van der Waals surface area contributed by atoms with Gasteiger partial charge in [-0.2, -0.15) is 12.6 Å². The maximum atomic E-state index is 14.6. The van der Waals surface area contributed by atoms with E-state index in [-0.39, 0.29) is 18.7 Å². The maximum Gasteiger partial charge on any atom is 0.408 e. The second kappa shape index (κ2) is 17.4. The second-order valence-electron chi connectivity index (χ2n) is 13.6. The number of nitrogens with one attached hydrogen (secondary N) is 2. The lowest BCUT2D eigenvalue weighted by molar-refractivity contribution is -0.159. The van der Waals surface area contributed by atoms with Gasteiger partial charge in [0.25, 0.3) is 0 Å². The summed E-state index contributed by atoms with van der Waals surface area (Å²) >= 11 is 4.39. The van der Waals surface area contributed by atoms with E-state index in [9.17, 15) is 19.2 Å². The van der Waals surface area contributed by atoms with Crippen LogP contribution in [0, 0.1) is 13.8 Å². The van der Waals surface area contributed by atoms with E-state index in [4.69, 9.17) is 9.47 Å². The predicted molar refractivity (Wildman–Crippen MR) is 185 cm³/mol. The average molecular weight is 656 g/mol. The average Bonchev–Trinajstić information content (AvgIpc) is 2.94. The number of unbranched alkanes of at least 4 members (excludes halogenated alkanes) is 2. The number of ether oxygens (including phenoxy) is 2. The zero-order valence-electron chi connectivity index (χ0n) is 28.9. The van der Waals surface area contributed by atoms with E-state index in [1.807, 2.05) is 62.4 Å². The highest BCUT2D eigenvalue weighted by Crippen LogP contribution is 2.30. The van der Waals surface area contributed by atoms with Crippen molar-refractivity contribution in [2.24, 2.45) is 0 Å². The van der Waals surface area contributed by atoms with Gasteiger partial charge in [0, 0.05) is 18.7 Å². The van der Waals surface area contributed by atoms with E-state index in [1.165, 1.54) is 4.90 Å². The van der Waals surface area contributed by atoms with Crippen molar-refractivity contribution in [1.29, 1.82) is 0 Å². The summed E-state index contributed by atoms with van der Waals surface area (Å²) in [6.45, 7) is 16.6. The molecule has 3 amide bonds. The number of esters is 1. The number of amides is 3. The van der Waals surface area contributed by atoms with Crippen LogP contribution in [-0.4, -0.2) is 64.4 Å². The number of hydrogen-bond acceptors (Lipinski definition) is 7. The van der Waals surface area contributed by atoms with Crippen molar-refractivity contribution in [3.05, 3.63) is 70.8 Å². The summed E-state index contributed by atoms with van der Waals surface area (Å²) in [5.74, 6) is -1.59. The standard InChI is InChI=1S/C36H53N3O6S/c1-10-11-15-21-39(32(41)28(23-46)38-34(43)45-36(7,8)9)30(29-24(2)17-16-18-25(29)3)31(40)37-27(33(42)44-35(4,5)6)22-26-19-13-12-14-20-26/h12-14,16-20,27-28,30,46H,10-11,15,21-23H2,1-9H3,(H,37,40)(H,38,43). The van der Waals surface area contributed by atoms with E-state index in [2.05, 4.69) is 30.2 Å². The summed E-state index contributed by atoms with van der Waals surface area (Å²) < 4.78 is 11.1. The molecule has 0 aliphatic carbocycles. The van der Waals surface area contributed by atoms with Crippen molar-refractivity contribution in [3.63, 3.8) is 0 Å². The Bertz CT molecular complexity index is 1300. The molecule has 254 valence electrons. The minimum atomic E-state index is -1.10. The summed E-state index contributed by atoms with van der Waals surface area (Å²) in [7, 11) is 0. The lowest BCUT2D eigenvalue weighted by Crippen LogP contribution is -2.56. The molecule has 0 heterocycles. The summed E-state index contributed by atoms with van der Waals surface area (Å²) in [4.78, 5) is 56.7. The third kappa shape index (κ3) is 12.3. The number of carbonyl (C=O) groups is 4. The summed E-state index contributed by atoms with van der Waals surface area (Å²) in [5.41, 5.74) is 1.57. The molecule has 0 saturated carbocycles. The van der Waals surface area contributed by atoms with Crippen LogP contribution in [0.2, 0.25) is 0 Å². The quantitative estimate of drug-likeness (QED) is 0.126. The molecule has 0 radical (unpaired) electrons. The highest BCUT2D eigenvalue weighted by molar-refractivity contribution is 7.80. The van der Waals surface area contributed by atoms with Gasteiger partial charge in [-0.05, 0) is 84.1 Å². The van der Waals surface area contributed by atoms with Gasteiger partial charge in [0.05, 0.1) is 0 Å². The van der Waals surface area contributed by atoms with Crippen LogP contribution in [0.5, 0.6) is 0 Å². The fourth-order valence-electron chi connectivity index (χ4n) is 5.09. The monoisotopic (exact) mass is 655 g/mol. The first-order valence-electron chi connectivity index (χ1n) is 16.0. The molecular weight excluding hydrogens is 602 g/mol. The van der Waals surface area contributed by atoms with E-state index < -0.39 is 53.2 Å². The number of hydrogen-bond donors (Lipinski definition) is 3. The van der Waals surface area contributed by atoms with Crippen molar-refractivity contribution >= 4 is 36.5 Å². The molecule has 3 atom stereocenters. The molecule has 2 N–H and O–H groups in total. The van der Waals surface area contributed by atoms with Crippen LogP contribution in [0.3, 0.4) is 0 Å². The SMILES string of the molecule is CCCCCN(C(=O)C(CS)NC(=O)OC(C)(C)C)C(C(=O)NC(Cc1ccccc1)C(=O)OC(C)(C)C)c1c(C)cccc1C. The van der Waals surface area contributed by atoms with Gasteiger partial charge in [0.2, 0.25) is 11.8 Å². The van der Waals surface area contributed by atoms with Gasteiger partial charge < -0.3 is 25.0 Å². The molecule has 0 spiro atoms. The molecule has 9 nitrogen and oxygen atoms in total. The van der Waals surface area contributed by atoms with Crippen LogP contribution in [0.15, 0.2) is 48.5 Å². The van der Waals surface area contributed by atoms with Gasteiger partial charge in [0.15, 0.2) is 0 Å². The van der Waals surface area contributed by atoms with Crippen molar-refractivity contribution in [1.82, 2.24) is 15.5 Å². The Hall–Kier alpha value is -3.53. The summed E-state index contributed by atoms with van der Waals surface area (Å²) in [6, 6.07) is 11.9. The molecule has 2 aromatic carbocycles. The minimum absolute atomic E-state index is 0.0159. The highest BCUT2D eigenvalue weighted by atomic mass is 32.1. The Morgan fingerprint density at radius 1 is 0.804 bits per heavy atom. The van der Waals surface area contributed by atoms with E-state index >= 15 is 0 Å². The summed E-state index contributed by atoms with van der Waals surface area (Å²) in [5, 5.41) is 5.61. The van der Waals surface area contributed by atoms with E-state index in [0.717, 1.165) is 29.5 Å². The normalized spacial score (nSPS) is 13.6. The van der Waals surface area contributed by atoms with Crippen molar-refractivity contribution in [2.45, 2.75) is 117 Å². The third-order valence-corrected chi connectivity index (χ3v) is 7.49. The van der Waals surface area contributed by atoms with Crippen LogP contribution in [0.4, 0.5) is 4.79 Å². The fraction of sp³-hybridized carbons (Fsp3) is 0.556. The predicted octanol–water partition coefficient (Wildman–Crippen LogP) is 6.26. The topological polar surface area (TPSA) is 114 Å². The van der Waals surface area contributed by atoms with Gasteiger partial charge in [-0.25, -0.2) is 9.59 Å². The van der Waals surface area contributed by atoms with Crippen LogP contribution in [0.25, 0.3) is 0 Å². The molecule has 0 fully saturated rings. The molecule has 0 saturated heterocycles. The van der Waals surface area contributed by atoms with Crippen LogP contribution in [0.1, 0.15) is 96.0 Å². The first kappa shape index (κ1) is 38.7. The number of aryl methyl sites for hydroxylation is 2. The van der Waals surface area contributed by atoms with Crippen molar-refractivity contribution < 1.29 is 28.7 Å². The minimum Gasteiger partial charge on any atom is -0.458 e. The van der Waals surface area contributed by atoms with Gasteiger partial charge in [-0.15, -0.1) is 0 Å². The fourth-order valence-corrected chi connectivity index (χ4v) is 5.34. The molecule has 0 aliphatic heterocycles. The lowest BCUT2D eigenvalue weighted by atomic mass is 9.93. The van der Waals surface area contributed by atoms with Crippen LogP contribution >= 0.6 is 12.6 Å². The first-order valence-corrected chi connectivity index (χ1v) is 16.6. The maximum absolute atomic E-state index is 14.6. The van der Waals surface area contributed by atoms with Crippen LogP contribution in [-0.2, 0) is 30.3 Å². The molecule has 2 aromatic rings. The number of carbonyl (C=O) groups excluding carboxylic acids is 4. The zero-order valence-corrected chi connectivity index (χ0v) is 29.8. The molecule has 10 heteroatoms. The van der Waals surface area contributed by atoms with Gasteiger partial charge in [-0.1, -0.05) is 68.3 Å². The number of thiol groups is 1. The van der Waals surface area contributed by atoms with Crippen molar-refractivity contribution in [2.75, 3.05) is 12.3 Å². The van der Waals surface area contributed by atoms with Gasteiger partial charge >= 0.3 is 12.1 Å². The lowest BCUT2D eigenvalue weighted by Gasteiger charge is -2.36. The molecule has 0 bridgehead atoms. The van der Waals surface area contributed by atoms with E-state index in [0.29, 0.717) is 12.0 Å². The number of rotatable bonds is 14. The third-order valence-electron chi connectivity index (χ3n) is 7.12. The molecule has 2 rings (SSSR count). The Kier molecular flexibility index (Phi) is 14.6. The smallest absolute Gasteiger partial charge is 0.408 e. The number of nitrogens with zero attached hydrogens (tertiary/aromatic N) is 1.